The molecule has 2 rings (SSSR count). The normalized spacial score (nSPS) is 25.4. The average Bonchev–Trinajstić information content (AvgIpc) is 2.82. The number of carbonyl (C=O) groups is 2. The van der Waals surface area contributed by atoms with Crippen LogP contribution in [-0.2, 0) is 9.59 Å². The molecule has 2 aliphatic heterocycles. The summed E-state index contributed by atoms with van der Waals surface area (Å²) in [5.74, 6) is 0.462. The van der Waals surface area contributed by atoms with Crippen LogP contribution in [0.25, 0.3) is 0 Å². The Morgan fingerprint density at radius 3 is 2.88 bits per heavy atom. The minimum absolute atomic E-state index is 0.116. The molecule has 0 aromatic heterocycles. The standard InChI is InChI=1S/C12H18N2O2/c1-9-7-11(15)14(12(9)16)6-2-3-10-4-5-13-8-10/h7,10,13H,2-6,8H2,1H3. The van der Waals surface area contributed by atoms with Gasteiger partial charge < -0.3 is 5.32 Å². The SMILES string of the molecule is CC1=CC(=O)N(CCCC2CCNC2)C1=O. The summed E-state index contributed by atoms with van der Waals surface area (Å²) in [4.78, 5) is 24.4. The maximum Gasteiger partial charge on any atom is 0.256 e. The summed E-state index contributed by atoms with van der Waals surface area (Å²) in [7, 11) is 0. The first-order valence-electron chi connectivity index (χ1n) is 5.93. The molecule has 2 heterocycles. The number of amides is 2. The zero-order valence-corrected chi connectivity index (χ0v) is 9.66. The minimum atomic E-state index is -0.146. The topological polar surface area (TPSA) is 49.4 Å². The number of nitrogens with one attached hydrogen (secondary N) is 1. The van der Waals surface area contributed by atoms with Crippen molar-refractivity contribution >= 4 is 11.8 Å². The molecule has 4 heteroatoms. The Hall–Kier alpha value is -1.16. The van der Waals surface area contributed by atoms with Gasteiger partial charge >= 0.3 is 0 Å². The van der Waals surface area contributed by atoms with E-state index in [1.54, 1.807) is 6.92 Å². The van der Waals surface area contributed by atoms with Gasteiger partial charge in [0.15, 0.2) is 0 Å². The molecule has 4 nitrogen and oxygen atoms in total. The largest absolute Gasteiger partial charge is 0.316 e. The number of carbonyl (C=O) groups excluding carboxylic acids is 2. The summed E-state index contributed by atoms with van der Waals surface area (Å²) in [5.41, 5.74) is 0.563. The highest BCUT2D eigenvalue weighted by atomic mass is 16.2. The molecule has 0 aromatic rings. The predicted molar refractivity (Wildman–Crippen MR) is 60.7 cm³/mol. The summed E-state index contributed by atoms with van der Waals surface area (Å²) in [6.45, 7) is 4.45. The molecule has 0 spiro atoms. The van der Waals surface area contributed by atoms with E-state index in [2.05, 4.69) is 5.32 Å². The van der Waals surface area contributed by atoms with Gasteiger partial charge in [-0.25, -0.2) is 0 Å². The van der Waals surface area contributed by atoms with E-state index >= 15 is 0 Å². The summed E-state index contributed by atoms with van der Waals surface area (Å²) in [5, 5.41) is 3.32. The molecule has 0 bridgehead atoms. The van der Waals surface area contributed by atoms with Gasteiger partial charge in [-0.1, -0.05) is 0 Å². The van der Waals surface area contributed by atoms with Crippen molar-refractivity contribution in [3.8, 4) is 0 Å². The van der Waals surface area contributed by atoms with E-state index in [0.717, 1.165) is 31.8 Å². The Morgan fingerprint density at radius 2 is 2.31 bits per heavy atom. The van der Waals surface area contributed by atoms with Gasteiger partial charge in [0.25, 0.3) is 11.8 Å². The van der Waals surface area contributed by atoms with Gasteiger partial charge in [-0.15, -0.1) is 0 Å². The second-order valence-electron chi connectivity index (χ2n) is 4.62. The molecule has 1 unspecified atom stereocenters. The Labute approximate surface area is 95.7 Å². The average molecular weight is 222 g/mol. The number of rotatable bonds is 4. The monoisotopic (exact) mass is 222 g/mol. The van der Waals surface area contributed by atoms with E-state index in [4.69, 9.17) is 0 Å². The zero-order valence-electron chi connectivity index (χ0n) is 9.66. The smallest absolute Gasteiger partial charge is 0.256 e. The van der Waals surface area contributed by atoms with Crippen LogP contribution in [0.1, 0.15) is 26.2 Å². The molecule has 16 heavy (non-hydrogen) atoms. The van der Waals surface area contributed by atoms with E-state index in [-0.39, 0.29) is 11.8 Å². The second kappa shape index (κ2) is 4.78. The quantitative estimate of drug-likeness (QED) is 0.712. The van der Waals surface area contributed by atoms with E-state index in [1.807, 2.05) is 0 Å². The summed E-state index contributed by atoms with van der Waals surface area (Å²) >= 11 is 0. The number of hydrogen-bond acceptors (Lipinski definition) is 3. The number of imide groups is 1. The van der Waals surface area contributed by atoms with Gasteiger partial charge in [0.05, 0.1) is 0 Å². The first-order chi connectivity index (χ1) is 7.68. The third-order valence-corrected chi connectivity index (χ3v) is 3.34. The molecule has 2 amide bonds. The lowest BCUT2D eigenvalue weighted by Crippen LogP contribution is -2.32. The van der Waals surface area contributed by atoms with E-state index < -0.39 is 0 Å². The first-order valence-corrected chi connectivity index (χ1v) is 5.93. The van der Waals surface area contributed by atoms with Crippen LogP contribution in [0.4, 0.5) is 0 Å². The maximum absolute atomic E-state index is 11.6. The lowest BCUT2D eigenvalue weighted by Gasteiger charge is -2.15. The summed E-state index contributed by atoms with van der Waals surface area (Å²) in [6.07, 6.45) is 4.67. The highest BCUT2D eigenvalue weighted by Crippen LogP contribution is 2.17. The van der Waals surface area contributed by atoms with Crippen LogP contribution in [0.15, 0.2) is 11.6 Å². The van der Waals surface area contributed by atoms with E-state index in [9.17, 15) is 9.59 Å². The van der Waals surface area contributed by atoms with Gasteiger partial charge in [0, 0.05) is 18.2 Å². The van der Waals surface area contributed by atoms with E-state index in [0.29, 0.717) is 12.1 Å². The molecule has 2 aliphatic rings. The molecule has 0 radical (unpaired) electrons. The zero-order chi connectivity index (χ0) is 11.5. The molecule has 88 valence electrons. The number of nitrogens with zero attached hydrogens (tertiary/aromatic N) is 1. The van der Waals surface area contributed by atoms with Crippen molar-refractivity contribution in [1.29, 1.82) is 0 Å². The van der Waals surface area contributed by atoms with Crippen molar-refractivity contribution in [3.63, 3.8) is 0 Å². The van der Waals surface area contributed by atoms with Crippen LogP contribution in [0.2, 0.25) is 0 Å². The predicted octanol–water partition coefficient (Wildman–Crippen LogP) is 0.691. The fourth-order valence-corrected chi connectivity index (χ4v) is 2.35. The van der Waals surface area contributed by atoms with Crippen LogP contribution < -0.4 is 5.32 Å². The molecule has 0 aromatic carbocycles. The second-order valence-corrected chi connectivity index (χ2v) is 4.62. The molecular formula is C12H18N2O2. The Morgan fingerprint density at radius 1 is 1.50 bits per heavy atom. The third-order valence-electron chi connectivity index (χ3n) is 3.34. The summed E-state index contributed by atoms with van der Waals surface area (Å²) < 4.78 is 0. The van der Waals surface area contributed by atoms with Crippen LogP contribution in [0.5, 0.6) is 0 Å². The van der Waals surface area contributed by atoms with Crippen LogP contribution in [0, 0.1) is 5.92 Å². The summed E-state index contributed by atoms with van der Waals surface area (Å²) in [6, 6.07) is 0. The third kappa shape index (κ3) is 2.32. The number of hydrogen-bond donors (Lipinski definition) is 1. The fourth-order valence-electron chi connectivity index (χ4n) is 2.35. The minimum Gasteiger partial charge on any atom is -0.316 e. The van der Waals surface area contributed by atoms with Crippen LogP contribution in [0.3, 0.4) is 0 Å². The molecule has 1 fully saturated rings. The van der Waals surface area contributed by atoms with Gasteiger partial charge in [0.2, 0.25) is 0 Å². The van der Waals surface area contributed by atoms with Crippen molar-refractivity contribution in [3.05, 3.63) is 11.6 Å². The lowest BCUT2D eigenvalue weighted by atomic mass is 10.0. The molecule has 0 saturated carbocycles. The Kier molecular flexibility index (Phi) is 3.39. The van der Waals surface area contributed by atoms with Crippen molar-refractivity contribution in [1.82, 2.24) is 10.2 Å². The Bertz CT molecular complexity index is 330. The molecule has 1 saturated heterocycles. The van der Waals surface area contributed by atoms with Crippen LogP contribution in [-0.4, -0.2) is 36.3 Å². The van der Waals surface area contributed by atoms with Crippen molar-refractivity contribution < 1.29 is 9.59 Å². The fraction of sp³-hybridized carbons (Fsp3) is 0.667. The van der Waals surface area contributed by atoms with Gasteiger partial charge in [-0.3, -0.25) is 14.5 Å². The van der Waals surface area contributed by atoms with Crippen molar-refractivity contribution in [2.75, 3.05) is 19.6 Å². The molecule has 1 N–H and O–H groups in total. The lowest BCUT2D eigenvalue weighted by molar-refractivity contribution is -0.137. The highest BCUT2D eigenvalue weighted by molar-refractivity contribution is 6.15. The Balaban J connectivity index is 1.74. The van der Waals surface area contributed by atoms with Gasteiger partial charge in [0.1, 0.15) is 0 Å². The maximum atomic E-state index is 11.6. The van der Waals surface area contributed by atoms with Gasteiger partial charge in [-0.2, -0.15) is 0 Å². The molecular weight excluding hydrogens is 204 g/mol. The van der Waals surface area contributed by atoms with Crippen molar-refractivity contribution in [2.45, 2.75) is 26.2 Å². The van der Waals surface area contributed by atoms with Gasteiger partial charge in [-0.05, 0) is 45.2 Å². The first kappa shape index (κ1) is 11.3. The molecule has 0 aliphatic carbocycles. The molecule has 1 atom stereocenters. The van der Waals surface area contributed by atoms with Crippen molar-refractivity contribution in [2.24, 2.45) is 5.92 Å². The van der Waals surface area contributed by atoms with E-state index in [1.165, 1.54) is 17.4 Å². The highest BCUT2D eigenvalue weighted by Gasteiger charge is 2.27. The van der Waals surface area contributed by atoms with Crippen LogP contribution >= 0.6 is 0 Å².